The van der Waals surface area contributed by atoms with Crippen LogP contribution in [0.1, 0.15) is 129 Å². The van der Waals surface area contributed by atoms with Crippen LogP contribution in [0.5, 0.6) is 0 Å². The van der Waals surface area contributed by atoms with Gasteiger partial charge < -0.3 is 10.2 Å². The van der Waals surface area contributed by atoms with E-state index in [0.717, 1.165) is 89.9 Å². The Hall–Kier alpha value is -2.14. The summed E-state index contributed by atoms with van der Waals surface area (Å²) in [7, 11) is 0. The first kappa shape index (κ1) is 31.1. The number of carbonyl (C=O) groups is 2. The predicted molar refractivity (Wildman–Crippen MR) is 179 cm³/mol. The first-order valence-electron chi connectivity index (χ1n) is 19.1. The highest BCUT2D eigenvalue weighted by molar-refractivity contribution is 5.91. The van der Waals surface area contributed by atoms with Crippen LogP contribution < -0.4 is 0 Å². The number of aliphatic hydroxyl groups is 2. The zero-order valence-corrected chi connectivity index (χ0v) is 28.2. The predicted octanol–water partition coefficient (Wildman–Crippen LogP) is 7.52. The third-order valence-corrected chi connectivity index (χ3v) is 16.2. The van der Waals surface area contributed by atoms with E-state index in [1.165, 1.54) is 11.1 Å². The summed E-state index contributed by atoms with van der Waals surface area (Å²) in [5.74, 6) is 18.3. The molecule has 8 rings (SSSR count). The molecule has 0 aliphatic heterocycles. The second-order valence-electron chi connectivity index (χ2n) is 17.0. The molecule has 4 heteroatoms. The minimum Gasteiger partial charge on any atom is -0.377 e. The SMILES string of the molecule is CC[C@@]12CC[C@H]3C4CCC(=O)C=C4CC[C@@H]3[C@H]1CC[C@]2(O)C#CC#C[C@@]1(O)CC[C@@H]2[C@H]3CCC4=CC(=O)CCC4[C@@H]3CC[C@]21CC. The summed E-state index contributed by atoms with van der Waals surface area (Å²) in [6, 6.07) is 0. The second-order valence-corrected chi connectivity index (χ2v) is 17.0. The standard InChI is InChI=1S/C42H54O4/c1-3-39-21-15-33-31-13-9-29(43)25-27(31)7-11-35(33)37(39)17-23-41(39,45)19-5-6-20-42(46)24-18-38-36-12-8-28-26-30(44)10-14-32(28)34(36)16-22-40(38,42)4-2/h25-26,31-38,45-46H,3-4,7-18,21-24H2,1-2H3/t31?,32?,33-,34-,35-,36-,37+,38+,39+,40+,41+,42+/m0/s1. The molecule has 0 aromatic heterocycles. The third-order valence-electron chi connectivity index (χ3n) is 16.2. The van der Waals surface area contributed by atoms with E-state index >= 15 is 0 Å². The van der Waals surface area contributed by atoms with Crippen molar-refractivity contribution >= 4 is 11.6 Å². The lowest BCUT2D eigenvalue weighted by molar-refractivity contribution is -0.118. The van der Waals surface area contributed by atoms with E-state index in [0.29, 0.717) is 84.6 Å². The summed E-state index contributed by atoms with van der Waals surface area (Å²) in [4.78, 5) is 24.3. The van der Waals surface area contributed by atoms with E-state index in [1.807, 2.05) is 12.2 Å². The van der Waals surface area contributed by atoms with Crippen LogP contribution >= 0.6 is 0 Å². The van der Waals surface area contributed by atoms with E-state index in [9.17, 15) is 19.8 Å². The van der Waals surface area contributed by atoms with E-state index < -0.39 is 11.2 Å². The fourth-order valence-corrected chi connectivity index (χ4v) is 14.1. The van der Waals surface area contributed by atoms with Crippen molar-refractivity contribution in [1.82, 2.24) is 0 Å². The van der Waals surface area contributed by atoms with E-state index in [1.54, 1.807) is 0 Å². The van der Waals surface area contributed by atoms with Crippen LogP contribution in [-0.2, 0) is 9.59 Å². The summed E-state index contributed by atoms with van der Waals surface area (Å²) < 4.78 is 0. The van der Waals surface area contributed by atoms with Crippen molar-refractivity contribution in [3.05, 3.63) is 23.3 Å². The van der Waals surface area contributed by atoms with Crippen molar-refractivity contribution in [2.75, 3.05) is 0 Å². The van der Waals surface area contributed by atoms with Gasteiger partial charge in [-0.25, -0.2) is 0 Å². The normalized spacial score (nSPS) is 48.9. The van der Waals surface area contributed by atoms with Crippen LogP contribution in [-0.4, -0.2) is 33.0 Å². The first-order chi connectivity index (χ1) is 22.2. The Morgan fingerprint density at radius 1 is 0.587 bits per heavy atom. The zero-order chi connectivity index (χ0) is 31.9. The fraction of sp³-hybridized carbons (Fsp3) is 0.762. The van der Waals surface area contributed by atoms with E-state index in [-0.39, 0.29) is 10.8 Å². The summed E-state index contributed by atoms with van der Waals surface area (Å²) in [6.45, 7) is 4.50. The molecule has 6 fully saturated rings. The van der Waals surface area contributed by atoms with Crippen molar-refractivity contribution in [2.45, 2.75) is 141 Å². The highest BCUT2D eigenvalue weighted by atomic mass is 16.3. The van der Waals surface area contributed by atoms with Crippen molar-refractivity contribution in [3.8, 4) is 23.7 Å². The van der Waals surface area contributed by atoms with Gasteiger partial charge in [0.25, 0.3) is 0 Å². The number of ketones is 2. The van der Waals surface area contributed by atoms with Crippen LogP contribution in [0.25, 0.3) is 0 Å². The van der Waals surface area contributed by atoms with Gasteiger partial charge in [-0.15, -0.1) is 0 Å². The Morgan fingerprint density at radius 2 is 1.02 bits per heavy atom. The minimum absolute atomic E-state index is 0.190. The Labute approximate surface area is 276 Å². The van der Waals surface area contributed by atoms with Crippen LogP contribution in [0.15, 0.2) is 23.3 Å². The highest BCUT2D eigenvalue weighted by Gasteiger charge is 2.65. The number of rotatable bonds is 2. The van der Waals surface area contributed by atoms with Gasteiger partial charge in [0.15, 0.2) is 11.6 Å². The Balaban J connectivity index is 1.02. The lowest BCUT2D eigenvalue weighted by atomic mass is 9.49. The van der Waals surface area contributed by atoms with Gasteiger partial charge in [0.2, 0.25) is 0 Å². The van der Waals surface area contributed by atoms with Gasteiger partial charge in [-0.05, 0) is 174 Å². The summed E-state index contributed by atoms with van der Waals surface area (Å²) in [6.07, 6.45) is 21.3. The fourth-order valence-electron chi connectivity index (χ4n) is 14.1. The molecular weight excluding hydrogens is 568 g/mol. The molecule has 0 aromatic carbocycles. The molecule has 4 nitrogen and oxygen atoms in total. The number of hydrogen-bond acceptors (Lipinski definition) is 4. The van der Waals surface area contributed by atoms with Crippen LogP contribution in [0.2, 0.25) is 0 Å². The lowest BCUT2D eigenvalue weighted by Crippen LogP contribution is -2.53. The minimum atomic E-state index is -1.03. The van der Waals surface area contributed by atoms with Crippen LogP contribution in [0.3, 0.4) is 0 Å². The number of fused-ring (bicyclic) bond motifs is 10. The molecule has 8 aliphatic carbocycles. The molecule has 0 radical (unpaired) electrons. The molecule has 0 heterocycles. The molecular formula is C42H54O4. The van der Waals surface area contributed by atoms with Crippen molar-refractivity contribution in [2.24, 2.45) is 58.2 Å². The van der Waals surface area contributed by atoms with Crippen LogP contribution in [0, 0.1) is 81.9 Å². The number of carbonyl (C=O) groups excluding carboxylic acids is 2. The average molecular weight is 623 g/mol. The maximum absolute atomic E-state index is 12.3. The Kier molecular flexibility index (Phi) is 7.59. The highest BCUT2D eigenvalue weighted by Crippen LogP contribution is 2.67. The van der Waals surface area contributed by atoms with Crippen molar-refractivity contribution < 1.29 is 19.8 Å². The van der Waals surface area contributed by atoms with E-state index in [4.69, 9.17) is 0 Å². The van der Waals surface area contributed by atoms with Crippen molar-refractivity contribution in [1.29, 1.82) is 0 Å². The van der Waals surface area contributed by atoms with Gasteiger partial charge in [0.05, 0.1) is 0 Å². The van der Waals surface area contributed by atoms with Gasteiger partial charge in [-0.3, -0.25) is 9.59 Å². The van der Waals surface area contributed by atoms with Gasteiger partial charge in [0, 0.05) is 23.7 Å². The lowest BCUT2D eigenvalue weighted by Gasteiger charge is -2.56. The summed E-state index contributed by atoms with van der Waals surface area (Å²) in [5, 5.41) is 24.6. The molecule has 2 N–H and O–H groups in total. The van der Waals surface area contributed by atoms with Gasteiger partial charge >= 0.3 is 0 Å². The molecule has 0 saturated heterocycles. The number of hydrogen-bond donors (Lipinski definition) is 2. The zero-order valence-electron chi connectivity index (χ0n) is 28.2. The summed E-state index contributed by atoms with van der Waals surface area (Å²) >= 11 is 0. The van der Waals surface area contributed by atoms with Crippen molar-refractivity contribution in [3.63, 3.8) is 0 Å². The molecule has 12 atom stereocenters. The Bertz CT molecular complexity index is 1380. The molecule has 8 aliphatic rings. The molecule has 0 aromatic rings. The molecule has 6 saturated carbocycles. The van der Waals surface area contributed by atoms with Gasteiger partial charge in [-0.2, -0.15) is 0 Å². The largest absolute Gasteiger partial charge is 0.377 e. The maximum atomic E-state index is 12.3. The molecule has 0 spiro atoms. The molecule has 0 bridgehead atoms. The molecule has 46 heavy (non-hydrogen) atoms. The van der Waals surface area contributed by atoms with Gasteiger partial charge in [0.1, 0.15) is 11.2 Å². The van der Waals surface area contributed by atoms with Crippen LogP contribution in [0.4, 0.5) is 0 Å². The molecule has 246 valence electrons. The second kappa shape index (κ2) is 11.2. The third kappa shape index (κ3) is 4.34. The van der Waals surface area contributed by atoms with Gasteiger partial charge in [-0.1, -0.05) is 36.8 Å². The Morgan fingerprint density at radius 3 is 1.43 bits per heavy atom. The maximum Gasteiger partial charge on any atom is 0.155 e. The first-order valence-corrected chi connectivity index (χ1v) is 19.1. The molecule has 0 amide bonds. The summed E-state index contributed by atoms with van der Waals surface area (Å²) in [5.41, 5.74) is 0.383. The van der Waals surface area contributed by atoms with E-state index in [2.05, 4.69) is 37.5 Å². The average Bonchev–Trinajstić information content (AvgIpc) is 3.54. The monoisotopic (exact) mass is 622 g/mol. The number of allylic oxidation sites excluding steroid dienone is 2. The topological polar surface area (TPSA) is 74.6 Å². The molecule has 2 unspecified atom stereocenters. The quantitative estimate of drug-likeness (QED) is 0.313. The smallest absolute Gasteiger partial charge is 0.155 e.